The van der Waals surface area contributed by atoms with Crippen LogP contribution in [0.15, 0.2) is 29.3 Å². The summed E-state index contributed by atoms with van der Waals surface area (Å²) in [6.45, 7) is 3.87. The number of rotatable bonds is 8. The van der Waals surface area contributed by atoms with E-state index in [2.05, 4.69) is 25.1 Å². The van der Waals surface area contributed by atoms with Crippen LogP contribution in [0, 0.1) is 0 Å². The molecule has 0 aliphatic carbocycles. The Kier molecular flexibility index (Phi) is 8.23. The van der Waals surface area contributed by atoms with Gasteiger partial charge in [0.25, 0.3) is 5.91 Å². The highest BCUT2D eigenvalue weighted by atomic mass is 32.2. The molecule has 1 aliphatic rings. The lowest BCUT2D eigenvalue weighted by molar-refractivity contribution is 0.0970. The lowest BCUT2D eigenvalue weighted by atomic mass is 10.2. The number of carbonyl (C=O) groups excluding carboxylic acids is 2. The Morgan fingerprint density at radius 3 is 2.66 bits per heavy atom. The van der Waals surface area contributed by atoms with Crippen molar-refractivity contribution in [2.45, 2.75) is 11.3 Å². The second-order valence-electron chi connectivity index (χ2n) is 7.75. The smallest absolute Gasteiger partial charge is 0.409 e. The summed E-state index contributed by atoms with van der Waals surface area (Å²) in [4.78, 5) is 38.4. The highest BCUT2D eigenvalue weighted by Gasteiger charge is 2.23. The van der Waals surface area contributed by atoms with Gasteiger partial charge in [0.05, 0.1) is 12.3 Å². The number of thioether (sulfide) groups is 1. The second kappa shape index (κ2) is 11.1. The Labute approximate surface area is 192 Å². The van der Waals surface area contributed by atoms with Crippen molar-refractivity contribution in [1.82, 2.24) is 19.8 Å². The predicted molar refractivity (Wildman–Crippen MR) is 127 cm³/mol. The van der Waals surface area contributed by atoms with Crippen LogP contribution >= 0.6 is 11.8 Å². The minimum Gasteiger partial charge on any atom is -0.449 e. The van der Waals surface area contributed by atoms with Gasteiger partial charge in [0.2, 0.25) is 0 Å². The molecule has 174 valence electrons. The van der Waals surface area contributed by atoms with Crippen molar-refractivity contribution in [3.63, 3.8) is 0 Å². The third-order valence-corrected chi connectivity index (χ3v) is 5.94. The van der Waals surface area contributed by atoms with Crippen LogP contribution in [0.5, 0.6) is 0 Å². The van der Waals surface area contributed by atoms with Crippen LogP contribution in [0.2, 0.25) is 0 Å². The van der Waals surface area contributed by atoms with E-state index in [0.717, 1.165) is 23.5 Å². The Morgan fingerprint density at radius 1 is 1.28 bits per heavy atom. The van der Waals surface area contributed by atoms with Crippen LogP contribution in [0.25, 0.3) is 0 Å². The molecule has 1 aliphatic heterocycles. The quantitative estimate of drug-likeness (QED) is 0.404. The molecule has 2 amide bonds. The number of nitrogens with zero attached hydrogens (tertiary/aromatic N) is 4. The van der Waals surface area contributed by atoms with Gasteiger partial charge in [-0.3, -0.25) is 4.79 Å². The number of hydrogen-bond acceptors (Lipinski definition) is 8. The van der Waals surface area contributed by atoms with E-state index in [1.807, 2.05) is 38.6 Å². The van der Waals surface area contributed by atoms with Gasteiger partial charge >= 0.3 is 6.09 Å². The number of aromatic nitrogens is 2. The first-order valence-electron chi connectivity index (χ1n) is 10.5. The fraction of sp³-hybridized carbons (Fsp3) is 0.476. The molecule has 1 fully saturated rings. The fourth-order valence-electron chi connectivity index (χ4n) is 3.41. The maximum absolute atomic E-state index is 12.5. The van der Waals surface area contributed by atoms with Gasteiger partial charge in [-0.1, -0.05) is 0 Å². The summed E-state index contributed by atoms with van der Waals surface area (Å²) in [5.74, 6) is -0.129. The summed E-state index contributed by atoms with van der Waals surface area (Å²) in [5, 5.41) is 2.92. The van der Waals surface area contributed by atoms with E-state index in [0.29, 0.717) is 38.5 Å². The summed E-state index contributed by atoms with van der Waals surface area (Å²) in [6.07, 6.45) is 4.00. The van der Waals surface area contributed by atoms with Gasteiger partial charge < -0.3 is 35.5 Å². The first-order valence-corrected chi connectivity index (χ1v) is 11.7. The fourth-order valence-corrected chi connectivity index (χ4v) is 3.94. The molecule has 11 heteroatoms. The number of aromatic amines is 1. The van der Waals surface area contributed by atoms with Crippen molar-refractivity contribution < 1.29 is 14.3 Å². The Balaban J connectivity index is 1.57. The number of nitrogen functional groups attached to an aromatic ring is 1. The van der Waals surface area contributed by atoms with Gasteiger partial charge in [0.1, 0.15) is 5.69 Å². The van der Waals surface area contributed by atoms with Gasteiger partial charge in [-0.25, -0.2) is 9.78 Å². The molecular formula is C21H31N7O3S. The Morgan fingerprint density at radius 2 is 2.03 bits per heavy atom. The van der Waals surface area contributed by atoms with E-state index in [9.17, 15) is 9.59 Å². The molecule has 1 saturated heterocycles. The minimum absolute atomic E-state index is 0.197. The topological polar surface area (TPSA) is 120 Å². The van der Waals surface area contributed by atoms with Crippen LogP contribution in [0.3, 0.4) is 0 Å². The summed E-state index contributed by atoms with van der Waals surface area (Å²) in [5.41, 5.74) is 7.50. The molecule has 4 N–H and O–H groups in total. The highest BCUT2D eigenvalue weighted by Crippen LogP contribution is 2.31. The third-order valence-electron chi connectivity index (χ3n) is 5.14. The van der Waals surface area contributed by atoms with Gasteiger partial charge in [-0.15, -0.1) is 11.8 Å². The lowest BCUT2D eigenvalue weighted by Gasteiger charge is -2.35. The molecule has 3 rings (SSSR count). The SMILES string of the molecule is CSc1ccc(N2CCN(C(=O)OCCCN(C)C)CC2)cc1NC(=O)c1c[nH]c(N)n1. The summed E-state index contributed by atoms with van der Waals surface area (Å²) in [6, 6.07) is 5.97. The van der Waals surface area contributed by atoms with Crippen molar-refractivity contribution in [3.8, 4) is 0 Å². The lowest BCUT2D eigenvalue weighted by Crippen LogP contribution is -2.49. The van der Waals surface area contributed by atoms with Gasteiger partial charge in [-0.2, -0.15) is 0 Å². The number of benzene rings is 1. The number of amides is 2. The van der Waals surface area contributed by atoms with E-state index in [-0.39, 0.29) is 23.6 Å². The largest absolute Gasteiger partial charge is 0.449 e. The minimum atomic E-state index is -0.327. The van der Waals surface area contributed by atoms with Crippen molar-refractivity contribution in [2.24, 2.45) is 0 Å². The van der Waals surface area contributed by atoms with Crippen LogP contribution in [-0.2, 0) is 4.74 Å². The monoisotopic (exact) mass is 461 g/mol. The van der Waals surface area contributed by atoms with Crippen LogP contribution in [0.4, 0.5) is 22.1 Å². The zero-order chi connectivity index (χ0) is 23.1. The molecule has 1 aromatic heterocycles. The number of piperazine rings is 1. The maximum Gasteiger partial charge on any atom is 0.409 e. The average Bonchev–Trinajstić information content (AvgIpc) is 3.23. The van der Waals surface area contributed by atoms with Crippen molar-refractivity contribution in [3.05, 3.63) is 30.1 Å². The predicted octanol–water partition coefficient (Wildman–Crippen LogP) is 2.18. The number of imidazole rings is 1. The van der Waals surface area contributed by atoms with Crippen molar-refractivity contribution >= 4 is 41.1 Å². The maximum atomic E-state index is 12.5. The molecule has 0 radical (unpaired) electrons. The highest BCUT2D eigenvalue weighted by molar-refractivity contribution is 7.98. The van der Waals surface area contributed by atoms with E-state index < -0.39 is 0 Å². The molecule has 0 unspecified atom stereocenters. The van der Waals surface area contributed by atoms with E-state index in [1.54, 1.807) is 16.7 Å². The Hall–Kier alpha value is -2.92. The number of nitrogens with two attached hydrogens (primary N) is 1. The number of hydrogen-bond donors (Lipinski definition) is 3. The molecule has 0 atom stereocenters. The van der Waals surface area contributed by atoms with Gasteiger partial charge in [0.15, 0.2) is 5.95 Å². The molecule has 10 nitrogen and oxygen atoms in total. The van der Waals surface area contributed by atoms with E-state index in [1.165, 1.54) is 6.20 Å². The van der Waals surface area contributed by atoms with Crippen LogP contribution in [0.1, 0.15) is 16.9 Å². The zero-order valence-corrected chi connectivity index (χ0v) is 19.6. The molecule has 2 aromatic rings. The molecule has 0 spiro atoms. The molecule has 0 bridgehead atoms. The summed E-state index contributed by atoms with van der Waals surface area (Å²) in [7, 11) is 3.99. The van der Waals surface area contributed by atoms with E-state index in [4.69, 9.17) is 10.5 Å². The molecule has 1 aromatic carbocycles. The summed E-state index contributed by atoms with van der Waals surface area (Å²) >= 11 is 1.55. The molecular weight excluding hydrogens is 430 g/mol. The molecule has 0 saturated carbocycles. The second-order valence-corrected chi connectivity index (χ2v) is 8.60. The van der Waals surface area contributed by atoms with Gasteiger partial charge in [0, 0.05) is 49.5 Å². The standard InChI is InChI=1S/C21H31N7O3S/c1-26(2)7-4-12-31-21(30)28-10-8-27(9-11-28)15-5-6-18(32-3)16(13-15)24-19(29)17-14-23-20(22)25-17/h5-6,13-14H,4,7-12H2,1-3H3,(H,24,29)(H3,22,23,25). The first kappa shape index (κ1) is 23.7. The first-order chi connectivity index (χ1) is 15.4. The summed E-state index contributed by atoms with van der Waals surface area (Å²) < 4.78 is 5.38. The average molecular weight is 462 g/mol. The molecule has 32 heavy (non-hydrogen) atoms. The third kappa shape index (κ3) is 6.30. The normalized spacial score (nSPS) is 14.0. The zero-order valence-electron chi connectivity index (χ0n) is 18.8. The number of anilines is 3. The number of nitrogens with one attached hydrogen (secondary N) is 2. The number of H-pyrrole nitrogens is 1. The number of ether oxygens (including phenoxy) is 1. The van der Waals surface area contributed by atoms with Crippen LogP contribution in [-0.4, -0.2) is 91.4 Å². The van der Waals surface area contributed by atoms with Crippen LogP contribution < -0.4 is 16.0 Å². The van der Waals surface area contributed by atoms with Crippen molar-refractivity contribution in [1.29, 1.82) is 0 Å². The van der Waals surface area contributed by atoms with Gasteiger partial charge in [-0.05, 0) is 45.0 Å². The van der Waals surface area contributed by atoms with Crippen molar-refractivity contribution in [2.75, 3.05) is 75.6 Å². The van der Waals surface area contributed by atoms with E-state index >= 15 is 0 Å². The Bertz CT molecular complexity index is 926. The molecule has 2 heterocycles. The number of carbonyl (C=O) groups is 2.